The lowest BCUT2D eigenvalue weighted by molar-refractivity contribution is -0.128. The number of rotatable bonds is 2. The third-order valence-electron chi connectivity index (χ3n) is 2.58. The fraction of sp³-hybridized carbons (Fsp3) is 0.500. The normalized spacial score (nSPS) is 17.0. The Morgan fingerprint density at radius 2 is 2.38 bits per heavy atom. The molecule has 3 heteroatoms. The minimum atomic E-state index is 0.293. The molecule has 0 aromatic carbocycles. The van der Waals surface area contributed by atoms with Crippen LogP contribution in [0, 0.1) is 0 Å². The van der Waals surface area contributed by atoms with Crippen molar-refractivity contribution in [2.24, 2.45) is 7.05 Å². The molecule has 1 aliphatic rings. The summed E-state index contributed by atoms with van der Waals surface area (Å²) < 4.78 is 2.06. The number of carbonyl (C=O) groups is 1. The predicted molar refractivity (Wildman–Crippen MR) is 50.1 cm³/mol. The van der Waals surface area contributed by atoms with E-state index in [0.717, 1.165) is 25.9 Å². The number of carbonyl (C=O) groups excluding carboxylic acids is 1. The molecule has 1 amide bonds. The van der Waals surface area contributed by atoms with Crippen LogP contribution in [0.15, 0.2) is 18.3 Å². The highest BCUT2D eigenvalue weighted by atomic mass is 16.2. The molecule has 0 bridgehead atoms. The van der Waals surface area contributed by atoms with Gasteiger partial charge in [-0.1, -0.05) is 0 Å². The Hall–Kier alpha value is -1.25. The molecular weight excluding hydrogens is 164 g/mol. The van der Waals surface area contributed by atoms with E-state index in [-0.39, 0.29) is 0 Å². The zero-order chi connectivity index (χ0) is 9.26. The zero-order valence-corrected chi connectivity index (χ0v) is 7.86. The van der Waals surface area contributed by atoms with Gasteiger partial charge in [0.05, 0.1) is 6.54 Å². The molecule has 2 rings (SSSR count). The van der Waals surface area contributed by atoms with Gasteiger partial charge in [0.1, 0.15) is 0 Å². The predicted octanol–water partition coefficient (Wildman–Crippen LogP) is 1.15. The number of likely N-dealkylation sites (tertiary alicyclic amines) is 1. The summed E-state index contributed by atoms with van der Waals surface area (Å²) in [6, 6.07) is 4.07. The van der Waals surface area contributed by atoms with Gasteiger partial charge in [0.2, 0.25) is 5.91 Å². The molecule has 0 N–H and O–H groups in total. The lowest BCUT2D eigenvalue weighted by Gasteiger charge is -2.15. The van der Waals surface area contributed by atoms with E-state index < -0.39 is 0 Å². The summed E-state index contributed by atoms with van der Waals surface area (Å²) in [6.45, 7) is 1.69. The van der Waals surface area contributed by atoms with Crippen LogP contribution >= 0.6 is 0 Å². The Balaban J connectivity index is 2.06. The quantitative estimate of drug-likeness (QED) is 0.667. The van der Waals surface area contributed by atoms with Gasteiger partial charge in [-0.05, 0) is 18.6 Å². The molecule has 2 heterocycles. The maximum atomic E-state index is 11.3. The van der Waals surface area contributed by atoms with Gasteiger partial charge < -0.3 is 9.47 Å². The van der Waals surface area contributed by atoms with Gasteiger partial charge in [0, 0.05) is 31.9 Å². The topological polar surface area (TPSA) is 25.2 Å². The molecule has 0 aliphatic carbocycles. The van der Waals surface area contributed by atoms with Crippen LogP contribution in [-0.4, -0.2) is 21.9 Å². The van der Waals surface area contributed by atoms with Crippen LogP contribution < -0.4 is 0 Å². The number of aromatic nitrogens is 1. The van der Waals surface area contributed by atoms with Crippen molar-refractivity contribution in [2.45, 2.75) is 19.4 Å². The maximum Gasteiger partial charge on any atom is 0.222 e. The van der Waals surface area contributed by atoms with Crippen molar-refractivity contribution in [3.05, 3.63) is 24.0 Å². The lowest BCUT2D eigenvalue weighted by atomic mass is 10.4. The van der Waals surface area contributed by atoms with Crippen LogP contribution in [0.4, 0.5) is 0 Å². The monoisotopic (exact) mass is 178 g/mol. The first-order valence-corrected chi connectivity index (χ1v) is 4.65. The molecule has 70 valence electrons. The van der Waals surface area contributed by atoms with Crippen LogP contribution in [-0.2, 0) is 18.4 Å². The van der Waals surface area contributed by atoms with Crippen LogP contribution in [0.2, 0.25) is 0 Å². The highest BCUT2D eigenvalue weighted by Gasteiger charge is 2.20. The second-order valence-electron chi connectivity index (χ2n) is 3.53. The largest absolute Gasteiger partial charge is 0.353 e. The molecule has 13 heavy (non-hydrogen) atoms. The van der Waals surface area contributed by atoms with E-state index in [0.29, 0.717) is 5.91 Å². The molecule has 0 spiro atoms. The van der Waals surface area contributed by atoms with Crippen LogP contribution in [0.5, 0.6) is 0 Å². The van der Waals surface area contributed by atoms with E-state index >= 15 is 0 Å². The molecule has 1 aliphatic heterocycles. The van der Waals surface area contributed by atoms with Gasteiger partial charge in [0.15, 0.2) is 0 Å². The fourth-order valence-electron chi connectivity index (χ4n) is 1.73. The average molecular weight is 178 g/mol. The van der Waals surface area contributed by atoms with Crippen LogP contribution in [0.25, 0.3) is 0 Å². The van der Waals surface area contributed by atoms with Gasteiger partial charge >= 0.3 is 0 Å². The van der Waals surface area contributed by atoms with Crippen molar-refractivity contribution in [3.8, 4) is 0 Å². The van der Waals surface area contributed by atoms with Crippen molar-refractivity contribution >= 4 is 5.91 Å². The highest BCUT2D eigenvalue weighted by Crippen LogP contribution is 2.13. The number of nitrogens with zero attached hydrogens (tertiary/aromatic N) is 2. The summed E-state index contributed by atoms with van der Waals surface area (Å²) in [4.78, 5) is 13.3. The van der Waals surface area contributed by atoms with Crippen LogP contribution in [0.1, 0.15) is 18.5 Å². The summed E-state index contributed by atoms with van der Waals surface area (Å²) >= 11 is 0. The van der Waals surface area contributed by atoms with Crippen LogP contribution in [0.3, 0.4) is 0 Å². The summed E-state index contributed by atoms with van der Waals surface area (Å²) in [7, 11) is 2.01. The number of hydrogen-bond acceptors (Lipinski definition) is 1. The van der Waals surface area contributed by atoms with E-state index in [1.165, 1.54) is 5.69 Å². The summed E-state index contributed by atoms with van der Waals surface area (Å²) in [5.41, 5.74) is 1.20. The van der Waals surface area contributed by atoms with Gasteiger partial charge in [-0.15, -0.1) is 0 Å². The Morgan fingerprint density at radius 1 is 1.54 bits per heavy atom. The number of aryl methyl sites for hydroxylation is 1. The first kappa shape index (κ1) is 8.35. The number of amides is 1. The highest BCUT2D eigenvalue weighted by molar-refractivity contribution is 5.77. The zero-order valence-electron chi connectivity index (χ0n) is 7.86. The minimum Gasteiger partial charge on any atom is -0.353 e. The second-order valence-corrected chi connectivity index (χ2v) is 3.53. The lowest BCUT2D eigenvalue weighted by Crippen LogP contribution is -2.24. The Morgan fingerprint density at radius 3 is 2.92 bits per heavy atom. The molecule has 1 saturated heterocycles. The first-order valence-electron chi connectivity index (χ1n) is 4.65. The maximum absolute atomic E-state index is 11.3. The molecule has 1 aromatic heterocycles. The molecule has 0 atom stereocenters. The van der Waals surface area contributed by atoms with E-state index in [4.69, 9.17) is 0 Å². The smallest absolute Gasteiger partial charge is 0.222 e. The summed E-state index contributed by atoms with van der Waals surface area (Å²) in [6.07, 6.45) is 3.75. The molecular formula is C10H14N2O. The van der Waals surface area contributed by atoms with Gasteiger partial charge in [-0.3, -0.25) is 4.79 Å². The van der Waals surface area contributed by atoms with E-state index in [1.54, 1.807) is 0 Å². The molecule has 1 fully saturated rings. The van der Waals surface area contributed by atoms with Crippen molar-refractivity contribution in [1.29, 1.82) is 0 Å². The Bertz CT molecular complexity index is 316. The van der Waals surface area contributed by atoms with E-state index in [2.05, 4.69) is 10.6 Å². The van der Waals surface area contributed by atoms with Crippen molar-refractivity contribution < 1.29 is 4.79 Å². The van der Waals surface area contributed by atoms with Crippen molar-refractivity contribution in [1.82, 2.24) is 9.47 Å². The third kappa shape index (κ3) is 1.59. The molecule has 0 saturated carbocycles. The van der Waals surface area contributed by atoms with Crippen molar-refractivity contribution in [3.63, 3.8) is 0 Å². The second kappa shape index (κ2) is 3.24. The molecule has 0 radical (unpaired) electrons. The summed E-state index contributed by atoms with van der Waals surface area (Å²) in [5, 5.41) is 0. The molecule has 3 nitrogen and oxygen atoms in total. The SMILES string of the molecule is Cn1cccc1CN1CCCC1=O. The Kier molecular flexibility index (Phi) is 2.08. The third-order valence-corrected chi connectivity index (χ3v) is 2.58. The fourth-order valence-corrected chi connectivity index (χ4v) is 1.73. The summed E-state index contributed by atoms with van der Waals surface area (Å²) in [5.74, 6) is 0.293. The van der Waals surface area contributed by atoms with E-state index in [1.807, 2.05) is 24.2 Å². The first-order chi connectivity index (χ1) is 6.27. The van der Waals surface area contributed by atoms with Gasteiger partial charge in [0.25, 0.3) is 0 Å². The molecule has 0 unspecified atom stereocenters. The van der Waals surface area contributed by atoms with E-state index in [9.17, 15) is 4.79 Å². The van der Waals surface area contributed by atoms with Gasteiger partial charge in [-0.2, -0.15) is 0 Å². The average Bonchev–Trinajstić information content (AvgIpc) is 2.65. The van der Waals surface area contributed by atoms with Crippen molar-refractivity contribution in [2.75, 3.05) is 6.54 Å². The minimum absolute atomic E-state index is 0.293. The number of hydrogen-bond donors (Lipinski definition) is 0. The standard InChI is InChI=1S/C10H14N2O/c1-11-6-2-4-9(11)8-12-7-3-5-10(12)13/h2,4,6H,3,5,7-8H2,1H3. The Labute approximate surface area is 78.0 Å². The molecule has 1 aromatic rings. The van der Waals surface area contributed by atoms with Gasteiger partial charge in [-0.25, -0.2) is 0 Å².